The third kappa shape index (κ3) is 7.87. The number of methoxy groups -OCH3 is 2. The van der Waals surface area contributed by atoms with Crippen molar-refractivity contribution < 1.29 is 19.4 Å². The fourth-order valence-corrected chi connectivity index (χ4v) is 2.84. The van der Waals surface area contributed by atoms with Crippen molar-refractivity contribution in [2.24, 2.45) is 0 Å². The van der Waals surface area contributed by atoms with Crippen LogP contribution >= 0.6 is 0 Å². The maximum absolute atomic E-state index is 11.9. The molecule has 2 aromatic carbocycles. The van der Waals surface area contributed by atoms with Gasteiger partial charge >= 0.3 is 0 Å². The van der Waals surface area contributed by atoms with Crippen LogP contribution in [0.5, 0.6) is 17.2 Å². The van der Waals surface area contributed by atoms with E-state index in [0.29, 0.717) is 6.54 Å². The van der Waals surface area contributed by atoms with Crippen molar-refractivity contribution in [2.75, 3.05) is 40.9 Å². The zero-order chi connectivity index (χ0) is 21.1. The van der Waals surface area contributed by atoms with Crippen LogP contribution in [0.1, 0.15) is 17.5 Å². The largest absolute Gasteiger partial charge is 0.508 e. The van der Waals surface area contributed by atoms with Crippen LogP contribution in [0.3, 0.4) is 0 Å². The summed E-state index contributed by atoms with van der Waals surface area (Å²) in [6.07, 6.45) is 5.02. The van der Waals surface area contributed by atoms with Gasteiger partial charge in [0, 0.05) is 19.2 Å². The summed E-state index contributed by atoms with van der Waals surface area (Å²) in [5, 5.41) is 12.1. The number of ether oxygens (including phenoxy) is 2. The first kappa shape index (κ1) is 22.3. The van der Waals surface area contributed by atoms with E-state index in [9.17, 15) is 9.90 Å². The maximum Gasteiger partial charge on any atom is 0.243 e. The second-order valence-electron chi connectivity index (χ2n) is 6.81. The number of likely N-dealkylation sites (N-methyl/N-ethyl adjacent to an activating group) is 1. The third-order valence-corrected chi connectivity index (χ3v) is 4.57. The molecule has 0 spiro atoms. The van der Waals surface area contributed by atoms with Gasteiger partial charge in [-0.1, -0.05) is 18.2 Å². The number of hydrogen-bond acceptors (Lipinski definition) is 5. The number of amides is 1. The second kappa shape index (κ2) is 11.8. The minimum Gasteiger partial charge on any atom is -0.508 e. The van der Waals surface area contributed by atoms with Crippen LogP contribution in [0, 0.1) is 0 Å². The first-order chi connectivity index (χ1) is 14.0. The number of phenolic OH excluding ortho intramolecular Hbond substituents is 1. The van der Waals surface area contributed by atoms with E-state index >= 15 is 0 Å². The zero-order valence-corrected chi connectivity index (χ0v) is 17.4. The van der Waals surface area contributed by atoms with Gasteiger partial charge in [-0.05, 0) is 67.9 Å². The molecule has 0 heterocycles. The lowest BCUT2D eigenvalue weighted by atomic mass is 10.1. The van der Waals surface area contributed by atoms with Gasteiger partial charge in [0.25, 0.3) is 0 Å². The van der Waals surface area contributed by atoms with Crippen molar-refractivity contribution in [3.05, 3.63) is 59.7 Å². The highest BCUT2D eigenvalue weighted by molar-refractivity contribution is 5.91. The number of nitrogens with zero attached hydrogens (tertiary/aromatic N) is 1. The Kier molecular flexibility index (Phi) is 9.05. The van der Waals surface area contributed by atoms with E-state index in [-0.39, 0.29) is 11.7 Å². The maximum atomic E-state index is 11.9. The number of hydrogen-bond donors (Lipinski definition) is 2. The fourth-order valence-electron chi connectivity index (χ4n) is 2.84. The van der Waals surface area contributed by atoms with Crippen molar-refractivity contribution in [3.8, 4) is 17.2 Å². The topological polar surface area (TPSA) is 71.0 Å². The molecule has 0 radical (unpaired) electrons. The van der Waals surface area contributed by atoms with Crippen molar-refractivity contribution >= 4 is 12.0 Å². The molecule has 2 aromatic rings. The molecular weight excluding hydrogens is 368 g/mol. The summed E-state index contributed by atoms with van der Waals surface area (Å²) >= 11 is 0. The molecular formula is C23H30N2O4. The van der Waals surface area contributed by atoms with Crippen molar-refractivity contribution in [3.63, 3.8) is 0 Å². The number of nitrogens with one attached hydrogen (secondary N) is 1. The predicted octanol–water partition coefficient (Wildman–Crippen LogP) is 3.10. The van der Waals surface area contributed by atoms with Crippen LogP contribution in [0.2, 0.25) is 0 Å². The molecule has 1 amide bonds. The van der Waals surface area contributed by atoms with Crippen LogP contribution in [0.15, 0.2) is 48.5 Å². The lowest BCUT2D eigenvalue weighted by Crippen LogP contribution is -2.28. The van der Waals surface area contributed by atoms with Gasteiger partial charge in [-0.2, -0.15) is 0 Å². The lowest BCUT2D eigenvalue weighted by molar-refractivity contribution is -0.116. The van der Waals surface area contributed by atoms with Crippen molar-refractivity contribution in [2.45, 2.75) is 12.8 Å². The van der Waals surface area contributed by atoms with Gasteiger partial charge in [-0.15, -0.1) is 0 Å². The Labute approximate surface area is 172 Å². The first-order valence-electron chi connectivity index (χ1n) is 9.66. The third-order valence-electron chi connectivity index (χ3n) is 4.57. The summed E-state index contributed by atoms with van der Waals surface area (Å²) in [6.45, 7) is 2.44. The van der Waals surface area contributed by atoms with Crippen LogP contribution in [0.25, 0.3) is 6.08 Å². The van der Waals surface area contributed by atoms with Crippen LogP contribution in [0.4, 0.5) is 0 Å². The van der Waals surface area contributed by atoms with Crippen molar-refractivity contribution in [1.29, 1.82) is 0 Å². The quantitative estimate of drug-likeness (QED) is 0.450. The molecule has 0 unspecified atom stereocenters. The normalized spacial score (nSPS) is 11.0. The van der Waals surface area contributed by atoms with Gasteiger partial charge in [0.05, 0.1) is 14.2 Å². The Bertz CT molecular complexity index is 803. The molecule has 0 saturated carbocycles. The summed E-state index contributed by atoms with van der Waals surface area (Å²) in [5.41, 5.74) is 2.06. The number of aromatic hydroxyl groups is 1. The number of benzene rings is 2. The molecule has 6 heteroatoms. The van der Waals surface area contributed by atoms with E-state index in [1.54, 1.807) is 44.6 Å². The monoisotopic (exact) mass is 398 g/mol. The van der Waals surface area contributed by atoms with Crippen molar-refractivity contribution in [1.82, 2.24) is 10.2 Å². The molecule has 0 aliphatic heterocycles. The van der Waals surface area contributed by atoms with E-state index < -0.39 is 0 Å². The molecule has 0 bridgehead atoms. The minimum absolute atomic E-state index is 0.119. The van der Waals surface area contributed by atoms with Gasteiger partial charge < -0.3 is 24.8 Å². The van der Waals surface area contributed by atoms with Gasteiger partial charge in [-0.3, -0.25) is 4.79 Å². The van der Waals surface area contributed by atoms with E-state index in [1.165, 1.54) is 11.6 Å². The molecule has 0 aromatic heterocycles. The Balaban J connectivity index is 1.64. The highest BCUT2D eigenvalue weighted by atomic mass is 16.5. The van der Waals surface area contributed by atoms with Crippen LogP contribution < -0.4 is 14.8 Å². The Morgan fingerprint density at radius 3 is 2.48 bits per heavy atom. The summed E-state index contributed by atoms with van der Waals surface area (Å²) in [5.74, 6) is 1.57. The summed E-state index contributed by atoms with van der Waals surface area (Å²) < 4.78 is 10.6. The Morgan fingerprint density at radius 1 is 1.07 bits per heavy atom. The average Bonchev–Trinajstić information content (AvgIpc) is 2.74. The standard InChI is InChI=1S/C23H30N2O4/c1-25(16-13-19-7-11-21(28-2)22(17-19)29-3)15-4-14-24-23(27)12-8-18-5-9-20(26)10-6-18/h5-12,17,26H,4,13-16H2,1-3H3,(H,24,27)/b12-8+. The molecule has 0 saturated heterocycles. The molecule has 29 heavy (non-hydrogen) atoms. The first-order valence-corrected chi connectivity index (χ1v) is 9.66. The van der Waals surface area contributed by atoms with Gasteiger partial charge in [-0.25, -0.2) is 0 Å². The Hall–Kier alpha value is -2.99. The van der Waals surface area contributed by atoms with E-state index in [2.05, 4.69) is 23.3 Å². The average molecular weight is 399 g/mol. The van der Waals surface area contributed by atoms with E-state index in [4.69, 9.17) is 9.47 Å². The highest BCUT2D eigenvalue weighted by Crippen LogP contribution is 2.27. The highest BCUT2D eigenvalue weighted by Gasteiger charge is 2.06. The zero-order valence-electron chi connectivity index (χ0n) is 17.4. The Morgan fingerprint density at radius 2 is 1.79 bits per heavy atom. The molecule has 0 fully saturated rings. The smallest absolute Gasteiger partial charge is 0.243 e. The van der Waals surface area contributed by atoms with E-state index in [0.717, 1.165) is 43.0 Å². The van der Waals surface area contributed by atoms with Gasteiger partial charge in [0.2, 0.25) is 5.91 Å². The second-order valence-corrected chi connectivity index (χ2v) is 6.81. The van der Waals surface area contributed by atoms with E-state index in [1.807, 2.05) is 12.1 Å². The fraction of sp³-hybridized carbons (Fsp3) is 0.348. The van der Waals surface area contributed by atoms with Crippen LogP contribution in [-0.2, 0) is 11.2 Å². The molecule has 2 N–H and O–H groups in total. The number of rotatable bonds is 11. The molecule has 0 atom stereocenters. The molecule has 2 rings (SSSR count). The predicted molar refractivity (Wildman–Crippen MR) is 116 cm³/mol. The summed E-state index contributed by atoms with van der Waals surface area (Å²) in [6, 6.07) is 12.7. The molecule has 156 valence electrons. The van der Waals surface area contributed by atoms with Crippen LogP contribution in [-0.4, -0.2) is 56.8 Å². The van der Waals surface area contributed by atoms with Gasteiger partial charge in [0.15, 0.2) is 11.5 Å². The molecule has 0 aliphatic carbocycles. The lowest BCUT2D eigenvalue weighted by Gasteiger charge is -2.17. The summed E-state index contributed by atoms with van der Waals surface area (Å²) in [4.78, 5) is 14.1. The molecule has 6 nitrogen and oxygen atoms in total. The number of carbonyl (C=O) groups is 1. The molecule has 0 aliphatic rings. The number of phenols is 1. The number of carbonyl (C=O) groups excluding carboxylic acids is 1. The summed E-state index contributed by atoms with van der Waals surface area (Å²) in [7, 11) is 5.35. The van der Waals surface area contributed by atoms with Gasteiger partial charge in [0.1, 0.15) is 5.75 Å². The minimum atomic E-state index is -0.119. The SMILES string of the molecule is COc1ccc(CCN(C)CCCNC(=O)/C=C/c2ccc(O)cc2)cc1OC.